The van der Waals surface area contributed by atoms with Crippen molar-refractivity contribution in [3.05, 3.63) is 30.9 Å². The van der Waals surface area contributed by atoms with Gasteiger partial charge in [-0.25, -0.2) is 9.97 Å². The summed E-state index contributed by atoms with van der Waals surface area (Å²) in [5.41, 5.74) is 0.850. The molecule has 0 saturated carbocycles. The Balaban J connectivity index is 1.52. The highest BCUT2D eigenvalue weighted by Crippen LogP contribution is 2.35. The highest BCUT2D eigenvalue weighted by Gasteiger charge is 2.17. The Morgan fingerprint density at radius 2 is 1.89 bits per heavy atom. The van der Waals surface area contributed by atoms with Crippen molar-refractivity contribution >= 4 is 16.7 Å². The maximum absolute atomic E-state index is 5.94. The van der Waals surface area contributed by atoms with Crippen LogP contribution in [0.3, 0.4) is 0 Å². The third kappa shape index (κ3) is 3.92. The Hall–Kier alpha value is -2.94. The summed E-state index contributed by atoms with van der Waals surface area (Å²) in [4.78, 5) is 12.9. The molecule has 27 heavy (non-hydrogen) atoms. The largest absolute Gasteiger partial charge is 0.493 e. The van der Waals surface area contributed by atoms with Crippen LogP contribution in [0, 0.1) is 0 Å². The Morgan fingerprint density at radius 3 is 2.67 bits per heavy atom. The van der Waals surface area contributed by atoms with Crippen LogP contribution in [0.15, 0.2) is 30.9 Å². The van der Waals surface area contributed by atoms with E-state index >= 15 is 0 Å². The van der Waals surface area contributed by atoms with Crippen LogP contribution in [-0.4, -0.2) is 64.9 Å². The summed E-state index contributed by atoms with van der Waals surface area (Å²) in [6.45, 7) is 5.00. The third-order valence-electron chi connectivity index (χ3n) is 4.54. The smallest absolute Gasteiger partial charge is 0.163 e. The highest BCUT2D eigenvalue weighted by molar-refractivity contribution is 5.92. The van der Waals surface area contributed by atoms with Gasteiger partial charge in [0.2, 0.25) is 0 Å². The minimum atomic E-state index is 0.541. The average molecular weight is 369 g/mol. The van der Waals surface area contributed by atoms with Crippen molar-refractivity contribution in [3.63, 3.8) is 0 Å². The van der Waals surface area contributed by atoms with Crippen LogP contribution in [0.2, 0.25) is 0 Å². The molecule has 1 fully saturated rings. The minimum absolute atomic E-state index is 0.541. The first kappa shape index (κ1) is 17.5. The zero-order valence-corrected chi connectivity index (χ0v) is 15.3. The van der Waals surface area contributed by atoms with Gasteiger partial charge in [-0.1, -0.05) is 0 Å². The first-order valence-electron chi connectivity index (χ1n) is 9.10. The van der Waals surface area contributed by atoms with Crippen LogP contribution >= 0.6 is 0 Å². The summed E-state index contributed by atoms with van der Waals surface area (Å²) < 4.78 is 11.5. The average Bonchev–Trinajstić information content (AvgIpc) is 3.24. The van der Waals surface area contributed by atoms with Crippen LogP contribution in [0.25, 0.3) is 10.9 Å². The molecule has 3 aromatic rings. The summed E-state index contributed by atoms with van der Waals surface area (Å²) in [6.07, 6.45) is 5.75. The van der Waals surface area contributed by atoms with Gasteiger partial charge in [0.25, 0.3) is 0 Å². The number of nitrogens with zero attached hydrogens (tertiary/aromatic N) is 6. The molecule has 1 N–H and O–H groups in total. The number of hydrogen-bond acceptors (Lipinski definition) is 8. The molecule has 9 nitrogen and oxygen atoms in total. The Bertz CT molecular complexity index is 879. The van der Waals surface area contributed by atoms with E-state index in [0.29, 0.717) is 24.7 Å². The van der Waals surface area contributed by atoms with Crippen molar-refractivity contribution in [2.75, 3.05) is 44.8 Å². The number of aromatic nitrogens is 5. The van der Waals surface area contributed by atoms with Gasteiger partial charge in [0.15, 0.2) is 11.5 Å². The molecule has 9 heteroatoms. The quantitative estimate of drug-likeness (QED) is 0.620. The van der Waals surface area contributed by atoms with Crippen molar-refractivity contribution < 1.29 is 9.47 Å². The first-order valence-corrected chi connectivity index (χ1v) is 9.10. The van der Waals surface area contributed by atoms with Crippen molar-refractivity contribution in [3.8, 4) is 11.5 Å². The van der Waals surface area contributed by atoms with Gasteiger partial charge in [-0.15, -0.1) is 0 Å². The van der Waals surface area contributed by atoms with E-state index in [1.54, 1.807) is 30.6 Å². The molecule has 2 aromatic heterocycles. The zero-order chi connectivity index (χ0) is 18.5. The zero-order valence-electron chi connectivity index (χ0n) is 15.3. The van der Waals surface area contributed by atoms with Crippen molar-refractivity contribution in [2.45, 2.75) is 13.0 Å². The molecule has 1 saturated heterocycles. The number of nitrogens with one attached hydrogen (secondary N) is 1. The number of methoxy groups -OCH3 is 1. The number of fused-ring (bicyclic) bond motifs is 1. The molecule has 3 heterocycles. The number of aryl methyl sites for hydroxylation is 1. The Kier molecular flexibility index (Phi) is 5.29. The number of piperazine rings is 1. The predicted molar refractivity (Wildman–Crippen MR) is 101 cm³/mol. The summed E-state index contributed by atoms with van der Waals surface area (Å²) in [6, 6.07) is 3.89. The van der Waals surface area contributed by atoms with E-state index in [-0.39, 0.29) is 0 Å². The van der Waals surface area contributed by atoms with Gasteiger partial charge < -0.3 is 19.7 Å². The van der Waals surface area contributed by atoms with E-state index in [4.69, 9.17) is 9.47 Å². The first-order chi connectivity index (χ1) is 13.3. The highest BCUT2D eigenvalue weighted by atomic mass is 16.5. The van der Waals surface area contributed by atoms with E-state index < -0.39 is 0 Å². The van der Waals surface area contributed by atoms with E-state index in [0.717, 1.165) is 49.3 Å². The van der Waals surface area contributed by atoms with E-state index in [1.807, 2.05) is 12.1 Å². The molecule has 0 spiro atoms. The molecule has 142 valence electrons. The summed E-state index contributed by atoms with van der Waals surface area (Å²) in [5, 5.41) is 12.5. The fourth-order valence-electron chi connectivity index (χ4n) is 3.20. The molecule has 0 radical (unpaired) electrons. The molecular formula is C18H23N7O2. The van der Waals surface area contributed by atoms with Crippen LogP contribution in [0.1, 0.15) is 6.42 Å². The summed E-state index contributed by atoms with van der Waals surface area (Å²) in [5.74, 6) is 2.31. The number of benzene rings is 1. The van der Waals surface area contributed by atoms with Crippen LogP contribution in [-0.2, 0) is 6.54 Å². The lowest BCUT2D eigenvalue weighted by atomic mass is 10.2. The minimum Gasteiger partial charge on any atom is -0.493 e. The Morgan fingerprint density at radius 1 is 1.07 bits per heavy atom. The normalized spacial score (nSPS) is 14.5. The monoisotopic (exact) mass is 369 g/mol. The molecule has 1 aliphatic rings. The lowest BCUT2D eigenvalue weighted by Crippen LogP contribution is -2.44. The van der Waals surface area contributed by atoms with Gasteiger partial charge in [0, 0.05) is 44.1 Å². The number of rotatable bonds is 7. The topological polar surface area (TPSA) is 90.2 Å². The van der Waals surface area contributed by atoms with Crippen molar-refractivity contribution in [1.29, 1.82) is 0 Å². The van der Waals surface area contributed by atoms with E-state index in [1.165, 1.54) is 0 Å². The van der Waals surface area contributed by atoms with Gasteiger partial charge in [-0.05, 0) is 6.07 Å². The third-order valence-corrected chi connectivity index (χ3v) is 4.54. The van der Waals surface area contributed by atoms with Crippen molar-refractivity contribution in [2.24, 2.45) is 0 Å². The molecule has 4 rings (SSSR count). The molecule has 0 aliphatic carbocycles. The van der Waals surface area contributed by atoms with Crippen LogP contribution in [0.5, 0.6) is 11.5 Å². The molecule has 0 atom stereocenters. The molecule has 0 bridgehead atoms. The second kappa shape index (κ2) is 8.17. The molecule has 1 aliphatic heterocycles. The maximum atomic E-state index is 5.94. The lowest BCUT2D eigenvalue weighted by molar-refractivity contribution is 0.277. The summed E-state index contributed by atoms with van der Waals surface area (Å²) in [7, 11) is 1.65. The van der Waals surface area contributed by atoms with E-state index in [9.17, 15) is 0 Å². The van der Waals surface area contributed by atoms with Crippen molar-refractivity contribution in [1.82, 2.24) is 30.3 Å². The van der Waals surface area contributed by atoms with Gasteiger partial charge >= 0.3 is 0 Å². The maximum Gasteiger partial charge on any atom is 0.163 e. The summed E-state index contributed by atoms with van der Waals surface area (Å²) >= 11 is 0. The van der Waals surface area contributed by atoms with Gasteiger partial charge in [0.1, 0.15) is 12.1 Å². The molecule has 0 amide bonds. The van der Waals surface area contributed by atoms with Gasteiger partial charge in [-0.2, -0.15) is 15.0 Å². The van der Waals surface area contributed by atoms with Crippen LogP contribution < -0.4 is 19.7 Å². The second-order valence-corrected chi connectivity index (χ2v) is 6.28. The Labute approximate surface area is 157 Å². The second-order valence-electron chi connectivity index (χ2n) is 6.28. The van der Waals surface area contributed by atoms with Crippen LogP contribution in [0.4, 0.5) is 5.82 Å². The lowest BCUT2D eigenvalue weighted by Gasteiger charge is -2.29. The van der Waals surface area contributed by atoms with Gasteiger partial charge in [0.05, 0.1) is 38.2 Å². The van der Waals surface area contributed by atoms with Gasteiger partial charge in [-0.3, -0.25) is 0 Å². The molecular weight excluding hydrogens is 346 g/mol. The number of hydrogen-bond donors (Lipinski definition) is 1. The number of anilines is 1. The fourth-order valence-corrected chi connectivity index (χ4v) is 3.20. The SMILES string of the molecule is COc1cc2c(N3CCNCC3)ncnc2cc1OCCCn1nccn1. The fraction of sp³-hybridized carbons (Fsp3) is 0.444. The standard InChI is InChI=1S/C18H23N7O2/c1-26-16-11-14-15(20-13-21-18(14)24-8-5-19-6-9-24)12-17(16)27-10-2-7-25-22-3-4-23-25/h3-4,11-13,19H,2,5-10H2,1H3. The predicted octanol–water partition coefficient (Wildman–Crippen LogP) is 1.11. The molecule has 0 unspecified atom stereocenters. The van der Waals surface area contributed by atoms with E-state index in [2.05, 4.69) is 30.4 Å². The molecule has 1 aromatic carbocycles. The number of ether oxygens (including phenoxy) is 2.